The molecule has 0 unspecified atom stereocenters. The molecule has 0 spiro atoms. The molecule has 25 heavy (non-hydrogen) atoms. The van der Waals surface area contributed by atoms with Gasteiger partial charge in [-0.1, -0.05) is 37.0 Å². The van der Waals surface area contributed by atoms with Gasteiger partial charge in [-0.05, 0) is 45.2 Å². The van der Waals surface area contributed by atoms with Crippen LogP contribution in [0.4, 0.5) is 10.5 Å². The largest absolute Gasteiger partial charge is 0.505 e. The van der Waals surface area contributed by atoms with Crippen LogP contribution in [-0.4, -0.2) is 28.7 Å². The molecule has 0 heterocycles. The second-order valence-corrected chi connectivity index (χ2v) is 7.92. The van der Waals surface area contributed by atoms with Crippen molar-refractivity contribution in [1.29, 1.82) is 0 Å². The van der Waals surface area contributed by atoms with Gasteiger partial charge in [0.1, 0.15) is 11.6 Å². The van der Waals surface area contributed by atoms with E-state index in [1.54, 1.807) is 20.8 Å². The van der Waals surface area contributed by atoms with Gasteiger partial charge in [0.2, 0.25) is 5.91 Å². The maximum atomic E-state index is 12.5. The highest BCUT2D eigenvalue weighted by Gasteiger charge is 2.25. The molecule has 0 saturated carbocycles. The molecule has 3 N–H and O–H groups in total. The Morgan fingerprint density at radius 3 is 2.16 bits per heavy atom. The summed E-state index contributed by atoms with van der Waals surface area (Å²) in [6, 6.07) is 1.96. The molecule has 0 bridgehead atoms. The first-order valence-electron chi connectivity index (χ1n) is 7.87. The lowest BCUT2D eigenvalue weighted by Gasteiger charge is -2.24. The molecule has 6 nitrogen and oxygen atoms in total. The summed E-state index contributed by atoms with van der Waals surface area (Å²) in [5.74, 6) is -0.526. The molecule has 1 aromatic carbocycles. The minimum absolute atomic E-state index is 0.0170. The Labute approximate surface area is 157 Å². The monoisotopic (exact) mass is 390 g/mol. The number of halogens is 2. The normalized spacial score (nSPS) is 12.6. The molecule has 0 aliphatic heterocycles. The van der Waals surface area contributed by atoms with Crippen LogP contribution in [-0.2, 0) is 9.53 Å². The summed E-state index contributed by atoms with van der Waals surface area (Å²) < 4.78 is 5.20. The van der Waals surface area contributed by atoms with Crippen molar-refractivity contribution in [3.8, 4) is 5.75 Å². The van der Waals surface area contributed by atoms with E-state index in [-0.39, 0.29) is 21.7 Å². The van der Waals surface area contributed by atoms with Gasteiger partial charge in [0, 0.05) is 5.69 Å². The Kier molecular flexibility index (Phi) is 7.38. The second kappa shape index (κ2) is 8.63. The smallest absolute Gasteiger partial charge is 0.408 e. The van der Waals surface area contributed by atoms with Crippen molar-refractivity contribution in [2.24, 2.45) is 5.92 Å². The molecule has 0 saturated heterocycles. The lowest BCUT2D eigenvalue weighted by molar-refractivity contribution is -0.118. The average molecular weight is 391 g/mol. The highest BCUT2D eigenvalue weighted by atomic mass is 35.5. The summed E-state index contributed by atoms with van der Waals surface area (Å²) in [6.45, 7) is 9.09. The molecule has 1 atom stereocenters. The molecule has 140 valence electrons. The molecule has 0 fully saturated rings. The maximum absolute atomic E-state index is 12.5. The third kappa shape index (κ3) is 7.40. The number of hydrogen-bond acceptors (Lipinski definition) is 4. The molecule has 8 heteroatoms. The van der Waals surface area contributed by atoms with Gasteiger partial charge in [-0.15, -0.1) is 0 Å². The van der Waals surface area contributed by atoms with E-state index in [0.29, 0.717) is 12.1 Å². The predicted molar refractivity (Wildman–Crippen MR) is 99.4 cm³/mol. The van der Waals surface area contributed by atoms with Crippen LogP contribution in [0.3, 0.4) is 0 Å². The summed E-state index contributed by atoms with van der Waals surface area (Å²) in [5, 5.41) is 14.8. The van der Waals surface area contributed by atoms with Gasteiger partial charge < -0.3 is 20.5 Å². The third-order valence-corrected chi connectivity index (χ3v) is 3.58. The van der Waals surface area contributed by atoms with Crippen LogP contribution < -0.4 is 10.6 Å². The van der Waals surface area contributed by atoms with Crippen molar-refractivity contribution < 1.29 is 19.4 Å². The number of benzene rings is 1. The van der Waals surface area contributed by atoms with Crippen molar-refractivity contribution in [2.45, 2.75) is 52.7 Å². The van der Waals surface area contributed by atoms with Gasteiger partial charge in [-0.3, -0.25) is 4.79 Å². The van der Waals surface area contributed by atoms with Crippen LogP contribution in [0.5, 0.6) is 5.75 Å². The number of carbonyl (C=O) groups is 2. The van der Waals surface area contributed by atoms with E-state index in [9.17, 15) is 14.7 Å². The number of hydrogen-bond donors (Lipinski definition) is 3. The van der Waals surface area contributed by atoms with Gasteiger partial charge in [0.05, 0.1) is 10.0 Å². The molecule has 0 radical (unpaired) electrons. The van der Waals surface area contributed by atoms with Crippen LogP contribution in [0, 0.1) is 5.92 Å². The van der Waals surface area contributed by atoms with Gasteiger partial charge in [-0.2, -0.15) is 0 Å². The van der Waals surface area contributed by atoms with E-state index < -0.39 is 23.6 Å². The van der Waals surface area contributed by atoms with E-state index in [1.807, 2.05) is 13.8 Å². The number of rotatable bonds is 5. The lowest BCUT2D eigenvalue weighted by Crippen LogP contribution is -2.46. The first-order valence-corrected chi connectivity index (χ1v) is 8.63. The minimum atomic E-state index is -0.791. The number of carbonyl (C=O) groups excluding carboxylic acids is 2. The van der Waals surface area contributed by atoms with E-state index in [0.717, 1.165) is 0 Å². The Balaban J connectivity index is 2.88. The van der Waals surface area contributed by atoms with Crippen molar-refractivity contribution in [3.63, 3.8) is 0 Å². The summed E-state index contributed by atoms with van der Waals surface area (Å²) in [4.78, 5) is 24.5. The number of aromatic hydroxyl groups is 1. The van der Waals surface area contributed by atoms with E-state index in [4.69, 9.17) is 27.9 Å². The van der Waals surface area contributed by atoms with Gasteiger partial charge >= 0.3 is 6.09 Å². The van der Waals surface area contributed by atoms with E-state index >= 15 is 0 Å². The van der Waals surface area contributed by atoms with Gasteiger partial charge in [0.25, 0.3) is 0 Å². The Morgan fingerprint density at radius 1 is 1.20 bits per heavy atom. The SMILES string of the molecule is CC(C)C[C@H](NC(=O)OC(C)(C)C)C(=O)Nc1cc(Cl)c(O)c(Cl)c1. The Bertz CT molecular complexity index is 619. The Morgan fingerprint density at radius 2 is 1.72 bits per heavy atom. The molecule has 1 aromatic rings. The first kappa shape index (κ1) is 21.4. The molecule has 2 amide bonds. The molecule has 0 aliphatic carbocycles. The molecule has 0 aromatic heterocycles. The second-order valence-electron chi connectivity index (χ2n) is 7.11. The molecular formula is C17H24Cl2N2O4. The summed E-state index contributed by atoms with van der Waals surface area (Å²) >= 11 is 11.7. The number of phenolic OH excluding ortho intramolecular Hbond substituents is 1. The molecule has 1 rings (SSSR count). The standard InChI is InChI=1S/C17H24Cl2N2O4/c1-9(2)6-13(21-16(24)25-17(3,4)5)15(23)20-10-7-11(18)14(22)12(19)8-10/h7-9,13,22H,6H2,1-5H3,(H,20,23)(H,21,24)/t13-/m0/s1. The average Bonchev–Trinajstić information content (AvgIpc) is 2.41. The van der Waals surface area contributed by atoms with E-state index in [2.05, 4.69) is 10.6 Å². The number of anilines is 1. The first-order chi connectivity index (χ1) is 11.4. The highest BCUT2D eigenvalue weighted by molar-refractivity contribution is 6.37. The highest BCUT2D eigenvalue weighted by Crippen LogP contribution is 2.34. The lowest BCUT2D eigenvalue weighted by atomic mass is 10.0. The fraction of sp³-hybridized carbons (Fsp3) is 0.529. The third-order valence-electron chi connectivity index (χ3n) is 3.00. The zero-order chi connectivity index (χ0) is 19.4. The van der Waals surface area contributed by atoms with Crippen LogP contribution in [0.2, 0.25) is 10.0 Å². The van der Waals surface area contributed by atoms with Crippen molar-refractivity contribution in [3.05, 3.63) is 22.2 Å². The summed E-state index contributed by atoms with van der Waals surface area (Å²) in [5.41, 5.74) is -0.349. The van der Waals surface area contributed by atoms with Crippen LogP contribution in [0.15, 0.2) is 12.1 Å². The number of alkyl carbamates (subject to hydrolysis) is 1. The quantitative estimate of drug-likeness (QED) is 0.642. The maximum Gasteiger partial charge on any atom is 0.408 e. The minimum Gasteiger partial charge on any atom is -0.505 e. The fourth-order valence-corrected chi connectivity index (χ4v) is 2.51. The topological polar surface area (TPSA) is 87.7 Å². The van der Waals surface area contributed by atoms with Crippen LogP contribution in [0.1, 0.15) is 41.0 Å². The zero-order valence-electron chi connectivity index (χ0n) is 14.9. The number of phenols is 1. The fourth-order valence-electron chi connectivity index (χ4n) is 2.02. The van der Waals surface area contributed by atoms with Crippen molar-refractivity contribution in [1.82, 2.24) is 5.32 Å². The Hall–Kier alpha value is -1.66. The van der Waals surface area contributed by atoms with Crippen LogP contribution >= 0.6 is 23.2 Å². The van der Waals surface area contributed by atoms with Gasteiger partial charge in [-0.25, -0.2) is 4.79 Å². The van der Waals surface area contributed by atoms with Crippen molar-refractivity contribution >= 4 is 40.9 Å². The molecular weight excluding hydrogens is 367 g/mol. The van der Waals surface area contributed by atoms with E-state index in [1.165, 1.54) is 12.1 Å². The number of ether oxygens (including phenoxy) is 1. The predicted octanol–water partition coefficient (Wildman–Crippen LogP) is 4.58. The van der Waals surface area contributed by atoms with Gasteiger partial charge in [0.15, 0.2) is 5.75 Å². The number of nitrogens with one attached hydrogen (secondary N) is 2. The molecule has 0 aliphatic rings. The summed E-state index contributed by atoms with van der Waals surface area (Å²) in [6.07, 6.45) is -0.250. The van der Waals surface area contributed by atoms with Crippen molar-refractivity contribution in [2.75, 3.05) is 5.32 Å². The zero-order valence-corrected chi connectivity index (χ0v) is 16.5. The number of amides is 2. The van der Waals surface area contributed by atoms with Crippen LogP contribution in [0.25, 0.3) is 0 Å². The summed E-state index contributed by atoms with van der Waals surface area (Å²) in [7, 11) is 0.